The van der Waals surface area contributed by atoms with Gasteiger partial charge in [-0.05, 0) is 62.2 Å². The highest BCUT2D eigenvalue weighted by Gasteiger charge is 2.32. The Kier molecular flexibility index (Phi) is 6.04. The number of hydrogen-bond donors (Lipinski definition) is 3. The maximum Gasteiger partial charge on any atom is 0.228 e. The molecule has 6 nitrogen and oxygen atoms in total. The van der Waals surface area contributed by atoms with E-state index in [1.165, 1.54) is 0 Å². The van der Waals surface area contributed by atoms with Crippen LogP contribution in [0.4, 0.5) is 17.1 Å². The number of hydrogen-bond acceptors (Lipinski definition) is 4. The number of fused-ring (bicyclic) bond motifs is 1. The van der Waals surface area contributed by atoms with E-state index in [1.807, 2.05) is 54.3 Å². The van der Waals surface area contributed by atoms with E-state index < -0.39 is 0 Å². The summed E-state index contributed by atoms with van der Waals surface area (Å²) in [4.78, 5) is 26.7. The standard InChI is InChI=1S/C24H30N4O2/c1-3-23(29)28-16(2)14-21(20-6-4-5-7-22(20)28)26-18-8-10-19(11-9-18)27-24(30)17-12-13-25-15-17/h4-11,16-17,21,25-26H,3,12-15H2,1-2H3,(H,27,30)/t16-,17+,21+/m0/s1. The predicted octanol–water partition coefficient (Wildman–Crippen LogP) is 3.92. The van der Waals surface area contributed by atoms with Crippen molar-refractivity contribution in [3.8, 4) is 0 Å². The Morgan fingerprint density at radius 3 is 2.53 bits per heavy atom. The number of rotatable bonds is 5. The Morgan fingerprint density at radius 2 is 1.83 bits per heavy atom. The number of carbonyl (C=O) groups excluding carboxylic acids is 2. The van der Waals surface area contributed by atoms with Gasteiger partial charge in [-0.15, -0.1) is 0 Å². The number of nitrogens with zero attached hydrogens (tertiary/aromatic N) is 1. The molecule has 2 amide bonds. The molecule has 2 aromatic carbocycles. The van der Waals surface area contributed by atoms with Gasteiger partial charge in [-0.25, -0.2) is 0 Å². The van der Waals surface area contributed by atoms with Crippen molar-refractivity contribution in [2.75, 3.05) is 28.6 Å². The number of para-hydroxylation sites is 1. The summed E-state index contributed by atoms with van der Waals surface area (Å²) in [7, 11) is 0. The number of anilines is 3. The highest BCUT2D eigenvalue weighted by molar-refractivity contribution is 5.95. The lowest BCUT2D eigenvalue weighted by Gasteiger charge is -2.40. The first-order chi connectivity index (χ1) is 14.6. The van der Waals surface area contributed by atoms with Crippen LogP contribution in [0.2, 0.25) is 0 Å². The fourth-order valence-corrected chi connectivity index (χ4v) is 4.47. The molecule has 2 aliphatic rings. The van der Waals surface area contributed by atoms with Gasteiger partial charge in [0, 0.05) is 36.1 Å². The minimum Gasteiger partial charge on any atom is -0.378 e. The molecule has 0 bridgehead atoms. The van der Waals surface area contributed by atoms with Crippen LogP contribution in [0.15, 0.2) is 48.5 Å². The molecule has 3 N–H and O–H groups in total. The Bertz CT molecular complexity index is 906. The van der Waals surface area contributed by atoms with Crippen molar-refractivity contribution in [3.05, 3.63) is 54.1 Å². The Hall–Kier alpha value is -2.86. The van der Waals surface area contributed by atoms with Crippen molar-refractivity contribution < 1.29 is 9.59 Å². The molecule has 0 unspecified atom stereocenters. The molecule has 30 heavy (non-hydrogen) atoms. The average molecular weight is 407 g/mol. The predicted molar refractivity (Wildman–Crippen MR) is 121 cm³/mol. The van der Waals surface area contributed by atoms with Gasteiger partial charge in [-0.3, -0.25) is 9.59 Å². The van der Waals surface area contributed by atoms with Crippen molar-refractivity contribution in [1.29, 1.82) is 0 Å². The van der Waals surface area contributed by atoms with Crippen LogP contribution < -0.4 is 20.9 Å². The van der Waals surface area contributed by atoms with Gasteiger partial charge in [-0.2, -0.15) is 0 Å². The van der Waals surface area contributed by atoms with Gasteiger partial charge in [0.05, 0.1) is 12.0 Å². The SMILES string of the molecule is CCC(=O)N1c2ccccc2[C@H](Nc2ccc(NC(=O)[C@@H]3CCNC3)cc2)C[C@@H]1C. The van der Waals surface area contributed by atoms with Gasteiger partial charge in [0.1, 0.15) is 0 Å². The van der Waals surface area contributed by atoms with E-state index in [1.54, 1.807) is 0 Å². The zero-order valence-electron chi connectivity index (χ0n) is 17.7. The van der Waals surface area contributed by atoms with Crippen LogP contribution in [-0.4, -0.2) is 30.9 Å². The van der Waals surface area contributed by atoms with Crippen LogP contribution in [0.5, 0.6) is 0 Å². The summed E-state index contributed by atoms with van der Waals surface area (Å²) in [5, 5.41) is 9.85. The van der Waals surface area contributed by atoms with Crippen LogP contribution in [-0.2, 0) is 9.59 Å². The molecule has 0 aliphatic carbocycles. The number of carbonyl (C=O) groups is 2. The molecule has 2 heterocycles. The summed E-state index contributed by atoms with van der Waals surface area (Å²) >= 11 is 0. The highest BCUT2D eigenvalue weighted by Crippen LogP contribution is 2.39. The second kappa shape index (κ2) is 8.88. The van der Waals surface area contributed by atoms with Crippen LogP contribution >= 0.6 is 0 Å². The van der Waals surface area contributed by atoms with E-state index >= 15 is 0 Å². The second-order valence-electron chi connectivity index (χ2n) is 8.21. The summed E-state index contributed by atoms with van der Waals surface area (Å²) in [6, 6.07) is 16.3. The van der Waals surface area contributed by atoms with Crippen molar-refractivity contribution in [2.45, 2.75) is 45.2 Å². The van der Waals surface area contributed by atoms with Crippen molar-refractivity contribution in [1.82, 2.24) is 5.32 Å². The average Bonchev–Trinajstić information content (AvgIpc) is 3.30. The molecular formula is C24H30N4O2. The molecule has 0 saturated carbocycles. The van der Waals surface area contributed by atoms with Gasteiger partial charge in [0.25, 0.3) is 0 Å². The zero-order valence-corrected chi connectivity index (χ0v) is 17.7. The largest absolute Gasteiger partial charge is 0.378 e. The van der Waals surface area contributed by atoms with E-state index in [0.29, 0.717) is 6.42 Å². The molecule has 2 aliphatic heterocycles. The molecule has 3 atom stereocenters. The van der Waals surface area contributed by atoms with Crippen molar-refractivity contribution >= 4 is 28.9 Å². The van der Waals surface area contributed by atoms with Crippen molar-refractivity contribution in [2.24, 2.45) is 5.92 Å². The van der Waals surface area contributed by atoms with Crippen LogP contribution in [0, 0.1) is 5.92 Å². The molecular weight excluding hydrogens is 376 g/mol. The molecule has 0 aromatic heterocycles. The maximum absolute atomic E-state index is 12.5. The lowest BCUT2D eigenvalue weighted by Crippen LogP contribution is -2.44. The summed E-state index contributed by atoms with van der Waals surface area (Å²) in [5.74, 6) is 0.291. The van der Waals surface area contributed by atoms with Gasteiger partial charge in [0.15, 0.2) is 0 Å². The fraction of sp³-hybridized carbons (Fsp3) is 0.417. The molecule has 1 fully saturated rings. The van der Waals surface area contributed by atoms with Gasteiger partial charge >= 0.3 is 0 Å². The summed E-state index contributed by atoms with van der Waals surface area (Å²) in [5.41, 5.74) is 3.95. The third kappa shape index (κ3) is 4.19. The number of nitrogens with one attached hydrogen (secondary N) is 3. The first kappa shape index (κ1) is 20.4. The molecule has 1 saturated heterocycles. The van der Waals surface area contributed by atoms with Gasteiger partial charge in [0.2, 0.25) is 11.8 Å². The second-order valence-corrected chi connectivity index (χ2v) is 8.21. The molecule has 0 radical (unpaired) electrons. The molecule has 0 spiro atoms. The normalized spacial score (nSPS) is 23.0. The third-order valence-corrected chi connectivity index (χ3v) is 6.08. The van der Waals surface area contributed by atoms with E-state index in [-0.39, 0.29) is 29.8 Å². The van der Waals surface area contributed by atoms with Crippen LogP contribution in [0.3, 0.4) is 0 Å². The maximum atomic E-state index is 12.5. The van der Waals surface area contributed by atoms with E-state index in [2.05, 4.69) is 28.9 Å². The summed E-state index contributed by atoms with van der Waals surface area (Å²) in [6.45, 7) is 5.67. The van der Waals surface area contributed by atoms with Crippen molar-refractivity contribution in [3.63, 3.8) is 0 Å². The number of benzene rings is 2. The molecule has 6 heteroatoms. The Balaban J connectivity index is 1.47. The minimum absolute atomic E-state index is 0.0526. The number of amides is 2. The first-order valence-electron chi connectivity index (χ1n) is 10.9. The highest BCUT2D eigenvalue weighted by atomic mass is 16.2. The van der Waals surface area contributed by atoms with E-state index in [9.17, 15) is 9.59 Å². The minimum atomic E-state index is 0.0526. The monoisotopic (exact) mass is 406 g/mol. The van der Waals surface area contributed by atoms with E-state index in [0.717, 1.165) is 48.6 Å². The Morgan fingerprint density at radius 1 is 1.10 bits per heavy atom. The topological polar surface area (TPSA) is 73.5 Å². The quantitative estimate of drug-likeness (QED) is 0.704. The van der Waals surface area contributed by atoms with Crippen LogP contribution in [0.25, 0.3) is 0 Å². The van der Waals surface area contributed by atoms with Gasteiger partial charge in [-0.1, -0.05) is 25.1 Å². The third-order valence-electron chi connectivity index (χ3n) is 6.08. The summed E-state index contributed by atoms with van der Waals surface area (Å²) < 4.78 is 0. The van der Waals surface area contributed by atoms with E-state index in [4.69, 9.17) is 0 Å². The lowest BCUT2D eigenvalue weighted by atomic mass is 9.91. The fourth-order valence-electron chi connectivity index (χ4n) is 4.47. The van der Waals surface area contributed by atoms with Gasteiger partial charge < -0.3 is 20.9 Å². The zero-order chi connectivity index (χ0) is 21.1. The summed E-state index contributed by atoms with van der Waals surface area (Å²) in [6.07, 6.45) is 2.24. The molecule has 4 rings (SSSR count). The molecule has 2 aromatic rings. The molecule has 158 valence electrons. The first-order valence-corrected chi connectivity index (χ1v) is 10.9. The van der Waals surface area contributed by atoms with Crippen LogP contribution in [0.1, 0.15) is 44.7 Å². The smallest absolute Gasteiger partial charge is 0.228 e. The lowest BCUT2D eigenvalue weighted by molar-refractivity contribution is -0.119. The Labute approximate surface area is 178 Å².